The zero-order valence-electron chi connectivity index (χ0n) is 11.3. The number of hydrogen-bond acceptors (Lipinski definition) is 3. The lowest BCUT2D eigenvalue weighted by atomic mass is 10.2. The number of nitrogens with one attached hydrogen (secondary N) is 1. The lowest BCUT2D eigenvalue weighted by Crippen LogP contribution is -2.38. The van der Waals surface area contributed by atoms with Crippen LogP contribution in [0.25, 0.3) is 0 Å². The summed E-state index contributed by atoms with van der Waals surface area (Å²) in [5, 5.41) is 12.9. The molecule has 0 saturated carbocycles. The van der Waals surface area contributed by atoms with E-state index in [9.17, 15) is 9.90 Å². The summed E-state index contributed by atoms with van der Waals surface area (Å²) in [4.78, 5) is 13.3. The molecule has 1 atom stereocenters. The molecule has 0 spiro atoms. The number of halogens is 1. The summed E-state index contributed by atoms with van der Waals surface area (Å²) in [6, 6.07) is 4.99. The molecule has 0 saturated heterocycles. The van der Waals surface area contributed by atoms with Crippen LogP contribution in [-0.4, -0.2) is 49.5 Å². The number of ether oxygens (including phenoxy) is 1. The van der Waals surface area contributed by atoms with E-state index in [1.807, 2.05) is 13.0 Å². The lowest BCUT2D eigenvalue weighted by molar-refractivity contribution is 0.0501. The Morgan fingerprint density at radius 2 is 2.26 bits per heavy atom. The highest BCUT2D eigenvalue weighted by molar-refractivity contribution is 6.31. The molecule has 1 aromatic rings. The first-order chi connectivity index (χ1) is 8.93. The summed E-state index contributed by atoms with van der Waals surface area (Å²) in [6.45, 7) is 2.27. The van der Waals surface area contributed by atoms with Gasteiger partial charge in [0.15, 0.2) is 0 Å². The fraction of sp³-hybridized carbons (Fsp3) is 0.462. The molecule has 0 bridgehead atoms. The van der Waals surface area contributed by atoms with Crippen molar-refractivity contribution in [1.29, 1.82) is 0 Å². The van der Waals surface area contributed by atoms with Crippen molar-refractivity contribution in [3.8, 4) is 0 Å². The Labute approximate surface area is 118 Å². The topological polar surface area (TPSA) is 61.8 Å². The third kappa shape index (κ3) is 5.06. The van der Waals surface area contributed by atoms with Gasteiger partial charge in [-0.25, -0.2) is 4.79 Å². The van der Waals surface area contributed by atoms with Gasteiger partial charge in [-0.3, -0.25) is 0 Å². The molecule has 0 aliphatic rings. The van der Waals surface area contributed by atoms with Crippen molar-refractivity contribution in [3.63, 3.8) is 0 Å². The molecule has 5 nitrogen and oxygen atoms in total. The molecule has 0 fully saturated rings. The molecule has 0 aliphatic heterocycles. The molecule has 0 radical (unpaired) electrons. The van der Waals surface area contributed by atoms with Crippen LogP contribution in [0.5, 0.6) is 0 Å². The Bertz CT molecular complexity index is 440. The normalized spacial score (nSPS) is 12.1. The quantitative estimate of drug-likeness (QED) is 0.871. The summed E-state index contributed by atoms with van der Waals surface area (Å²) < 4.78 is 4.81. The van der Waals surface area contributed by atoms with Crippen LogP contribution in [0, 0.1) is 6.92 Å². The number of rotatable bonds is 5. The summed E-state index contributed by atoms with van der Waals surface area (Å²) in [6.07, 6.45) is -0.706. The predicted octanol–water partition coefficient (Wildman–Crippen LogP) is 2.12. The average molecular weight is 287 g/mol. The van der Waals surface area contributed by atoms with Crippen LogP contribution in [0.4, 0.5) is 10.5 Å². The predicted molar refractivity (Wildman–Crippen MR) is 75.7 cm³/mol. The molecule has 19 heavy (non-hydrogen) atoms. The van der Waals surface area contributed by atoms with Gasteiger partial charge in [-0.1, -0.05) is 17.7 Å². The Kier molecular flexibility index (Phi) is 6.08. The molecule has 1 aromatic carbocycles. The van der Waals surface area contributed by atoms with E-state index in [1.165, 1.54) is 12.0 Å². The Morgan fingerprint density at radius 3 is 2.84 bits per heavy atom. The second-order valence-corrected chi connectivity index (χ2v) is 4.79. The van der Waals surface area contributed by atoms with Gasteiger partial charge in [-0.05, 0) is 24.6 Å². The number of aryl methyl sites for hydroxylation is 1. The van der Waals surface area contributed by atoms with Crippen LogP contribution < -0.4 is 5.32 Å². The highest BCUT2D eigenvalue weighted by Gasteiger charge is 2.13. The van der Waals surface area contributed by atoms with Crippen molar-refractivity contribution in [2.45, 2.75) is 13.0 Å². The van der Waals surface area contributed by atoms with E-state index in [1.54, 1.807) is 19.2 Å². The van der Waals surface area contributed by atoms with Crippen LogP contribution in [-0.2, 0) is 4.74 Å². The van der Waals surface area contributed by atoms with E-state index in [2.05, 4.69) is 5.32 Å². The molecule has 2 amide bonds. The molecular formula is C13H19ClN2O3. The number of nitrogens with zero attached hydrogens (tertiary/aromatic N) is 1. The Morgan fingerprint density at radius 1 is 1.58 bits per heavy atom. The van der Waals surface area contributed by atoms with Gasteiger partial charge in [0.25, 0.3) is 0 Å². The zero-order chi connectivity index (χ0) is 14.4. The third-order valence-corrected chi connectivity index (χ3v) is 3.02. The number of amides is 2. The number of urea groups is 1. The van der Waals surface area contributed by atoms with Gasteiger partial charge in [0.05, 0.1) is 19.3 Å². The summed E-state index contributed by atoms with van der Waals surface area (Å²) in [7, 11) is 3.10. The Balaban J connectivity index is 2.56. The molecule has 1 rings (SSSR count). The summed E-state index contributed by atoms with van der Waals surface area (Å²) >= 11 is 5.98. The second-order valence-electron chi connectivity index (χ2n) is 4.38. The highest BCUT2D eigenvalue weighted by Crippen LogP contribution is 2.20. The molecule has 1 unspecified atom stereocenters. The van der Waals surface area contributed by atoms with E-state index < -0.39 is 6.10 Å². The van der Waals surface area contributed by atoms with Crippen LogP contribution >= 0.6 is 11.6 Å². The minimum atomic E-state index is -0.706. The van der Waals surface area contributed by atoms with Crippen molar-refractivity contribution in [2.75, 3.05) is 32.6 Å². The molecule has 6 heteroatoms. The van der Waals surface area contributed by atoms with E-state index >= 15 is 0 Å². The van der Waals surface area contributed by atoms with Gasteiger partial charge in [-0.15, -0.1) is 0 Å². The summed E-state index contributed by atoms with van der Waals surface area (Å²) in [5.74, 6) is 0. The minimum Gasteiger partial charge on any atom is -0.389 e. The molecule has 0 heterocycles. The van der Waals surface area contributed by atoms with Crippen LogP contribution in [0.2, 0.25) is 5.02 Å². The summed E-state index contributed by atoms with van der Waals surface area (Å²) in [5.41, 5.74) is 1.57. The van der Waals surface area contributed by atoms with Crippen LogP contribution in [0.1, 0.15) is 5.56 Å². The fourth-order valence-corrected chi connectivity index (χ4v) is 1.71. The molecule has 0 aliphatic carbocycles. The van der Waals surface area contributed by atoms with Crippen molar-refractivity contribution in [1.82, 2.24) is 4.90 Å². The maximum Gasteiger partial charge on any atom is 0.321 e. The van der Waals surface area contributed by atoms with E-state index in [4.69, 9.17) is 16.3 Å². The highest BCUT2D eigenvalue weighted by atomic mass is 35.5. The molecule has 106 valence electrons. The van der Waals surface area contributed by atoms with Gasteiger partial charge in [0.2, 0.25) is 0 Å². The molecular weight excluding hydrogens is 268 g/mol. The maximum atomic E-state index is 11.9. The lowest BCUT2D eigenvalue weighted by Gasteiger charge is -2.21. The van der Waals surface area contributed by atoms with Gasteiger partial charge < -0.3 is 20.1 Å². The van der Waals surface area contributed by atoms with E-state index in [0.717, 1.165) is 5.56 Å². The molecule has 0 aromatic heterocycles. The monoisotopic (exact) mass is 286 g/mol. The van der Waals surface area contributed by atoms with Crippen LogP contribution in [0.3, 0.4) is 0 Å². The van der Waals surface area contributed by atoms with Crippen molar-refractivity contribution < 1.29 is 14.6 Å². The fourth-order valence-electron chi connectivity index (χ4n) is 1.53. The largest absolute Gasteiger partial charge is 0.389 e. The Hall–Kier alpha value is -1.30. The van der Waals surface area contributed by atoms with Crippen molar-refractivity contribution in [3.05, 3.63) is 28.8 Å². The number of anilines is 1. The smallest absolute Gasteiger partial charge is 0.321 e. The van der Waals surface area contributed by atoms with E-state index in [0.29, 0.717) is 10.7 Å². The van der Waals surface area contributed by atoms with Gasteiger partial charge in [0, 0.05) is 24.9 Å². The number of aliphatic hydroxyl groups excluding tert-OH is 1. The first-order valence-corrected chi connectivity index (χ1v) is 6.27. The van der Waals surface area contributed by atoms with Crippen molar-refractivity contribution >= 4 is 23.3 Å². The number of benzene rings is 1. The number of carbonyl (C=O) groups is 1. The zero-order valence-corrected chi connectivity index (χ0v) is 12.1. The number of likely N-dealkylation sites (N-methyl/N-ethyl adjacent to an activating group) is 1. The maximum absolute atomic E-state index is 11.9. The first-order valence-electron chi connectivity index (χ1n) is 5.89. The van der Waals surface area contributed by atoms with Gasteiger partial charge in [-0.2, -0.15) is 0 Å². The van der Waals surface area contributed by atoms with Gasteiger partial charge >= 0.3 is 6.03 Å². The number of hydrogen-bond donors (Lipinski definition) is 2. The van der Waals surface area contributed by atoms with Crippen molar-refractivity contribution in [2.24, 2.45) is 0 Å². The standard InChI is InChI=1S/C13H19ClN2O3/c1-9-4-5-10(6-12(9)14)15-13(18)16(2)7-11(17)8-19-3/h4-6,11,17H,7-8H2,1-3H3,(H,15,18). The molecule has 2 N–H and O–H groups in total. The van der Waals surface area contributed by atoms with E-state index in [-0.39, 0.29) is 19.2 Å². The third-order valence-electron chi connectivity index (χ3n) is 2.61. The number of aliphatic hydroxyl groups is 1. The first kappa shape index (κ1) is 15.8. The van der Waals surface area contributed by atoms with Crippen LogP contribution in [0.15, 0.2) is 18.2 Å². The SMILES string of the molecule is COCC(O)CN(C)C(=O)Nc1ccc(C)c(Cl)c1. The number of carbonyl (C=O) groups excluding carboxylic acids is 1. The second kappa shape index (κ2) is 7.33. The average Bonchev–Trinajstić information content (AvgIpc) is 2.34. The number of methoxy groups -OCH3 is 1. The van der Waals surface area contributed by atoms with Gasteiger partial charge in [0.1, 0.15) is 0 Å². The minimum absolute atomic E-state index is 0.188.